The molecule has 0 bridgehead atoms. The summed E-state index contributed by atoms with van der Waals surface area (Å²) in [7, 11) is 0. The molecule has 6 heavy (non-hydrogen) atoms. The molecule has 0 aliphatic carbocycles. The molecule has 0 unspecified atom stereocenters. The van der Waals surface area contributed by atoms with Crippen molar-refractivity contribution in [3.8, 4) is 0 Å². The van der Waals surface area contributed by atoms with Crippen molar-refractivity contribution >= 4 is 0 Å². The average Bonchev–Trinajstić information content (AvgIpc) is 0. The van der Waals surface area contributed by atoms with Crippen molar-refractivity contribution in [2.45, 2.75) is 0 Å². The molecule has 2 N–H and O–H groups in total. The van der Waals surface area contributed by atoms with Gasteiger partial charge in [0.05, 0.1) is 0 Å². The van der Waals surface area contributed by atoms with Gasteiger partial charge in [-0.15, -0.1) is 0 Å². The Kier molecular flexibility index (Phi) is 16500. The minimum Gasteiger partial charge on any atom is -1.00 e. The summed E-state index contributed by atoms with van der Waals surface area (Å²) in [6, 6.07) is 0. The molecule has 1 nitrogen and oxygen atoms in total. The summed E-state index contributed by atoms with van der Waals surface area (Å²) in [6.07, 6.45) is 0. The van der Waals surface area contributed by atoms with Gasteiger partial charge in [0.2, 0.25) is 0 Å². The van der Waals surface area contributed by atoms with Gasteiger partial charge in [-0.25, -0.2) is 0 Å². The van der Waals surface area contributed by atoms with Crippen molar-refractivity contribution in [3.05, 3.63) is 0 Å². The minimum atomic E-state index is 0. The van der Waals surface area contributed by atoms with Gasteiger partial charge >= 0.3 is 31.1 Å². The molecular formula is H2F4OU-2. The first kappa shape index (κ1) is 413. The van der Waals surface area contributed by atoms with Crippen LogP contribution in [0.3, 0.4) is 0 Å². The standard InChI is InChI=1S/4FH.H2O.U/h4*1H;1H2;/q;;;;;+2/p-4. The molecule has 0 rings (SSSR count). The molecule has 0 saturated heterocycles. The first-order chi connectivity index (χ1) is 0. The molecule has 0 heterocycles. The molecule has 0 radical (unpaired) electrons. The molecule has 0 saturated carbocycles. The Hall–Kier alpha value is 0.732. The van der Waals surface area contributed by atoms with E-state index < -0.39 is 0 Å². The van der Waals surface area contributed by atoms with E-state index in [1.54, 1.807) is 0 Å². The van der Waals surface area contributed by atoms with Crippen LogP contribution in [0.25, 0.3) is 0 Å². The molecule has 0 aromatic carbocycles. The molecule has 0 spiro atoms. The third kappa shape index (κ3) is 123. The van der Waals surface area contributed by atoms with Crippen molar-refractivity contribution in [1.29, 1.82) is 0 Å². The molecule has 0 aromatic heterocycles. The van der Waals surface area contributed by atoms with Crippen LogP contribution in [-0.4, -0.2) is 5.48 Å². The maximum Gasteiger partial charge on any atom is 2.00 e. The van der Waals surface area contributed by atoms with Gasteiger partial charge in [-0.05, 0) is 0 Å². The fourth-order valence-corrected chi connectivity index (χ4v) is 0. The van der Waals surface area contributed by atoms with E-state index in [1.807, 2.05) is 0 Å². The van der Waals surface area contributed by atoms with Crippen LogP contribution in [0.4, 0.5) is 0 Å². The van der Waals surface area contributed by atoms with Crippen LogP contribution in [0.2, 0.25) is 0 Å². The molecule has 0 aromatic rings. The van der Waals surface area contributed by atoms with Gasteiger partial charge in [-0.1, -0.05) is 0 Å². The first-order valence-electron chi connectivity index (χ1n) is 0. The van der Waals surface area contributed by atoms with E-state index in [0.29, 0.717) is 0 Å². The summed E-state index contributed by atoms with van der Waals surface area (Å²) in [6.45, 7) is 0. The van der Waals surface area contributed by atoms with E-state index in [-0.39, 0.29) is 55.4 Å². The van der Waals surface area contributed by atoms with Gasteiger partial charge in [0.25, 0.3) is 0 Å². The largest absolute Gasteiger partial charge is 2.00 e. The molecule has 0 amide bonds. The van der Waals surface area contributed by atoms with Gasteiger partial charge in [0.15, 0.2) is 0 Å². The maximum absolute atomic E-state index is 0. The van der Waals surface area contributed by atoms with Gasteiger partial charge in [0, 0.05) is 0 Å². The zero-order valence-electron chi connectivity index (χ0n) is 2.51. The Morgan fingerprint density at radius 3 is 0.500 bits per heavy atom. The molecule has 0 aliphatic heterocycles. The minimum absolute atomic E-state index is 0. The second-order valence-electron chi connectivity index (χ2n) is 0. The maximum atomic E-state index is 0. The number of hydrogen-bond donors (Lipinski definition) is 0. The predicted octanol–water partition coefficient (Wildman–Crippen LogP) is -12.8. The van der Waals surface area contributed by atoms with E-state index >= 15 is 0 Å². The molecule has 6 heteroatoms. The third-order valence-electron chi connectivity index (χ3n) is 0. The molecule has 0 atom stereocenters. The Balaban J connectivity index is 0. The monoisotopic (exact) mass is 332 g/mol. The zero-order chi connectivity index (χ0) is 0. The van der Waals surface area contributed by atoms with Crippen LogP contribution in [0, 0.1) is 31.1 Å². The van der Waals surface area contributed by atoms with Crippen LogP contribution in [0.5, 0.6) is 0 Å². The van der Waals surface area contributed by atoms with Crippen molar-refractivity contribution in [3.63, 3.8) is 0 Å². The normalized spacial score (nSPS) is 0. The summed E-state index contributed by atoms with van der Waals surface area (Å²) in [5, 5.41) is 0. The van der Waals surface area contributed by atoms with E-state index in [1.165, 1.54) is 0 Å². The molecule has 42 valence electrons. The van der Waals surface area contributed by atoms with Gasteiger partial charge < -0.3 is 24.3 Å². The van der Waals surface area contributed by atoms with Crippen molar-refractivity contribution in [2.24, 2.45) is 0 Å². The first-order valence-corrected chi connectivity index (χ1v) is 0. The number of halogens is 4. The second-order valence-corrected chi connectivity index (χ2v) is 0. The second kappa shape index (κ2) is 240. The predicted molar refractivity (Wildman–Crippen MR) is 3.61 cm³/mol. The van der Waals surface area contributed by atoms with Gasteiger partial charge in [-0.3, -0.25) is 0 Å². The Morgan fingerprint density at radius 1 is 0.500 bits per heavy atom. The summed E-state index contributed by atoms with van der Waals surface area (Å²) in [4.78, 5) is 0. The number of hydrogen-bond acceptors (Lipinski definition) is 0. The van der Waals surface area contributed by atoms with Crippen LogP contribution in [-0.2, 0) is 0 Å². The quantitative estimate of drug-likeness (QED) is 0.395. The van der Waals surface area contributed by atoms with Crippen LogP contribution in [0.15, 0.2) is 0 Å². The van der Waals surface area contributed by atoms with E-state index in [0.717, 1.165) is 0 Å². The van der Waals surface area contributed by atoms with Crippen LogP contribution in [0.1, 0.15) is 0 Å². The molecule has 0 aliphatic rings. The van der Waals surface area contributed by atoms with Crippen LogP contribution < -0.4 is 18.8 Å². The van der Waals surface area contributed by atoms with Gasteiger partial charge in [-0.2, -0.15) is 0 Å². The zero-order valence-corrected chi connectivity index (χ0v) is 6.68. The Bertz CT molecular complexity index is 7.51. The Labute approximate surface area is 55.6 Å². The Morgan fingerprint density at radius 2 is 0.500 bits per heavy atom. The SMILES string of the molecule is O.[F-].[F-].[F-].[F-].[U+2]. The average molecular weight is 332 g/mol. The van der Waals surface area contributed by atoms with Crippen LogP contribution >= 0.6 is 0 Å². The topological polar surface area (TPSA) is 31.5 Å². The number of rotatable bonds is 0. The fourth-order valence-electron chi connectivity index (χ4n) is 0. The van der Waals surface area contributed by atoms with Crippen molar-refractivity contribution in [2.75, 3.05) is 0 Å². The summed E-state index contributed by atoms with van der Waals surface area (Å²) in [5.74, 6) is 0. The van der Waals surface area contributed by atoms with E-state index in [2.05, 4.69) is 0 Å². The third-order valence-corrected chi connectivity index (χ3v) is 0. The van der Waals surface area contributed by atoms with Gasteiger partial charge in [0.1, 0.15) is 0 Å². The molecular weight excluding hydrogens is 330 g/mol. The fraction of sp³-hybridized carbons (Fsp3) is 0. The smallest absolute Gasteiger partial charge is 1.00 e. The summed E-state index contributed by atoms with van der Waals surface area (Å²) >= 11 is 0. The molecule has 0 fully saturated rings. The summed E-state index contributed by atoms with van der Waals surface area (Å²) in [5.41, 5.74) is 0. The van der Waals surface area contributed by atoms with E-state index in [9.17, 15) is 0 Å². The summed E-state index contributed by atoms with van der Waals surface area (Å²) < 4.78 is 0. The van der Waals surface area contributed by atoms with E-state index in [4.69, 9.17) is 0 Å². The van der Waals surface area contributed by atoms with Crippen molar-refractivity contribution < 1.29 is 55.4 Å². The van der Waals surface area contributed by atoms with Crippen molar-refractivity contribution in [1.82, 2.24) is 0 Å².